The Kier molecular flexibility index (Phi) is 4.00. The Hall–Kier alpha value is -2.30. The molecule has 0 amide bonds. The standard InChI is InChI=1S/C20H20N2O2/c23-19-15-3-1-2-4-16(15)20(24)18-13-14(5-6-17(18)19)7-10-22-11-8-21-9-12-22/h1-6,13,21H,7-12H2. The second-order valence-corrected chi connectivity index (χ2v) is 6.43. The molecule has 122 valence electrons. The van der Waals surface area contributed by atoms with E-state index < -0.39 is 0 Å². The molecule has 0 unspecified atom stereocenters. The van der Waals surface area contributed by atoms with Crippen LogP contribution < -0.4 is 5.32 Å². The first-order chi connectivity index (χ1) is 11.7. The number of rotatable bonds is 3. The summed E-state index contributed by atoms with van der Waals surface area (Å²) in [7, 11) is 0. The van der Waals surface area contributed by atoms with Crippen LogP contribution in [0.1, 0.15) is 37.4 Å². The average molecular weight is 320 g/mol. The van der Waals surface area contributed by atoms with Crippen molar-refractivity contribution in [1.29, 1.82) is 0 Å². The molecule has 0 spiro atoms. The number of carbonyl (C=O) groups excluding carboxylic acids is 2. The van der Waals surface area contributed by atoms with Crippen LogP contribution in [0.5, 0.6) is 0 Å². The molecule has 2 aliphatic rings. The molecular weight excluding hydrogens is 300 g/mol. The van der Waals surface area contributed by atoms with Crippen molar-refractivity contribution in [2.24, 2.45) is 0 Å². The Morgan fingerprint density at radius 3 is 2.17 bits per heavy atom. The van der Waals surface area contributed by atoms with Gasteiger partial charge in [-0.3, -0.25) is 9.59 Å². The fourth-order valence-electron chi connectivity index (χ4n) is 3.52. The normalized spacial score (nSPS) is 17.5. The van der Waals surface area contributed by atoms with Crippen molar-refractivity contribution >= 4 is 11.6 Å². The van der Waals surface area contributed by atoms with Crippen LogP contribution in [0.25, 0.3) is 0 Å². The quantitative estimate of drug-likeness (QED) is 0.801. The lowest BCUT2D eigenvalue weighted by atomic mass is 9.83. The van der Waals surface area contributed by atoms with E-state index in [-0.39, 0.29) is 11.6 Å². The highest BCUT2D eigenvalue weighted by molar-refractivity contribution is 6.28. The summed E-state index contributed by atoms with van der Waals surface area (Å²) in [5.74, 6) is -0.0851. The third kappa shape index (κ3) is 2.68. The van der Waals surface area contributed by atoms with Crippen LogP contribution in [0, 0.1) is 0 Å². The van der Waals surface area contributed by atoms with Crippen LogP contribution in [0.3, 0.4) is 0 Å². The molecule has 1 aliphatic carbocycles. The van der Waals surface area contributed by atoms with Crippen molar-refractivity contribution in [1.82, 2.24) is 10.2 Å². The van der Waals surface area contributed by atoms with Gasteiger partial charge in [-0.2, -0.15) is 0 Å². The summed E-state index contributed by atoms with van der Waals surface area (Å²) in [5.41, 5.74) is 3.24. The number of fused-ring (bicyclic) bond motifs is 2. The van der Waals surface area contributed by atoms with Gasteiger partial charge >= 0.3 is 0 Å². The van der Waals surface area contributed by atoms with E-state index >= 15 is 0 Å². The Labute approximate surface area is 141 Å². The lowest BCUT2D eigenvalue weighted by molar-refractivity contribution is 0.0979. The predicted octanol–water partition coefficient (Wildman–Crippen LogP) is 1.91. The number of hydrogen-bond acceptors (Lipinski definition) is 4. The summed E-state index contributed by atoms with van der Waals surface area (Å²) in [6, 6.07) is 12.8. The molecule has 4 nitrogen and oxygen atoms in total. The Morgan fingerprint density at radius 2 is 1.46 bits per heavy atom. The molecule has 2 aromatic rings. The van der Waals surface area contributed by atoms with Crippen molar-refractivity contribution < 1.29 is 9.59 Å². The summed E-state index contributed by atoms with van der Waals surface area (Å²) in [6.07, 6.45) is 0.899. The predicted molar refractivity (Wildman–Crippen MR) is 92.8 cm³/mol. The third-order valence-corrected chi connectivity index (χ3v) is 4.92. The summed E-state index contributed by atoms with van der Waals surface area (Å²) in [5, 5.41) is 3.35. The molecule has 1 aliphatic heterocycles. The van der Waals surface area contributed by atoms with E-state index in [0.29, 0.717) is 22.3 Å². The van der Waals surface area contributed by atoms with Crippen LogP contribution >= 0.6 is 0 Å². The number of ketones is 2. The van der Waals surface area contributed by atoms with Crippen LogP contribution in [-0.4, -0.2) is 49.2 Å². The lowest BCUT2D eigenvalue weighted by Crippen LogP contribution is -2.44. The number of nitrogens with zero attached hydrogens (tertiary/aromatic N) is 1. The van der Waals surface area contributed by atoms with Crippen molar-refractivity contribution in [3.05, 3.63) is 70.3 Å². The van der Waals surface area contributed by atoms with E-state index in [4.69, 9.17) is 0 Å². The molecule has 1 N–H and O–H groups in total. The third-order valence-electron chi connectivity index (χ3n) is 4.92. The Balaban J connectivity index is 1.58. The van der Waals surface area contributed by atoms with Gasteiger partial charge in [0.25, 0.3) is 0 Å². The molecule has 0 atom stereocenters. The number of carbonyl (C=O) groups is 2. The number of benzene rings is 2. The van der Waals surface area contributed by atoms with Crippen molar-refractivity contribution in [3.8, 4) is 0 Å². The summed E-state index contributed by atoms with van der Waals surface area (Å²) < 4.78 is 0. The molecule has 4 heteroatoms. The van der Waals surface area contributed by atoms with Gasteiger partial charge in [0.05, 0.1) is 0 Å². The molecule has 1 saturated heterocycles. The van der Waals surface area contributed by atoms with Crippen LogP contribution in [0.15, 0.2) is 42.5 Å². The lowest BCUT2D eigenvalue weighted by Gasteiger charge is -2.27. The van der Waals surface area contributed by atoms with E-state index in [1.54, 1.807) is 18.2 Å². The topological polar surface area (TPSA) is 49.4 Å². The first-order valence-electron chi connectivity index (χ1n) is 8.48. The average Bonchev–Trinajstić information content (AvgIpc) is 2.65. The van der Waals surface area contributed by atoms with Crippen molar-refractivity contribution in [2.45, 2.75) is 6.42 Å². The zero-order valence-electron chi connectivity index (χ0n) is 13.5. The maximum Gasteiger partial charge on any atom is 0.194 e. The number of piperazine rings is 1. The van der Waals surface area contributed by atoms with Crippen LogP contribution in [0.4, 0.5) is 0 Å². The minimum Gasteiger partial charge on any atom is -0.314 e. The smallest absolute Gasteiger partial charge is 0.194 e. The first kappa shape index (κ1) is 15.2. The summed E-state index contributed by atoms with van der Waals surface area (Å²) in [4.78, 5) is 27.8. The van der Waals surface area contributed by atoms with Gasteiger partial charge in [-0.25, -0.2) is 0 Å². The first-order valence-corrected chi connectivity index (χ1v) is 8.48. The van der Waals surface area contributed by atoms with Crippen LogP contribution in [-0.2, 0) is 6.42 Å². The molecule has 0 saturated carbocycles. The minimum atomic E-state index is -0.0474. The zero-order valence-corrected chi connectivity index (χ0v) is 13.5. The zero-order chi connectivity index (χ0) is 16.5. The second kappa shape index (κ2) is 6.30. The molecule has 4 rings (SSSR count). The second-order valence-electron chi connectivity index (χ2n) is 6.43. The van der Waals surface area contributed by atoms with Gasteiger partial charge in [-0.05, 0) is 18.1 Å². The van der Waals surface area contributed by atoms with E-state index in [9.17, 15) is 9.59 Å². The molecule has 24 heavy (non-hydrogen) atoms. The fraction of sp³-hybridized carbons (Fsp3) is 0.300. The number of hydrogen-bond donors (Lipinski definition) is 1. The highest BCUT2D eigenvalue weighted by Gasteiger charge is 2.29. The Morgan fingerprint density at radius 1 is 0.833 bits per heavy atom. The number of nitrogens with one attached hydrogen (secondary N) is 1. The van der Waals surface area contributed by atoms with Gasteiger partial charge in [-0.15, -0.1) is 0 Å². The molecule has 0 bridgehead atoms. The SMILES string of the molecule is O=C1c2ccccc2C(=O)c2cc(CCN3CCNCC3)ccc21. The van der Waals surface area contributed by atoms with Gasteiger partial charge < -0.3 is 10.2 Å². The van der Waals surface area contributed by atoms with Gasteiger partial charge in [0.1, 0.15) is 0 Å². The summed E-state index contributed by atoms with van der Waals surface area (Å²) >= 11 is 0. The maximum absolute atomic E-state index is 12.7. The van der Waals surface area contributed by atoms with E-state index in [0.717, 1.165) is 44.7 Å². The highest BCUT2D eigenvalue weighted by atomic mass is 16.1. The molecule has 0 radical (unpaired) electrons. The van der Waals surface area contributed by atoms with E-state index in [2.05, 4.69) is 10.2 Å². The highest BCUT2D eigenvalue weighted by Crippen LogP contribution is 2.28. The molecule has 1 heterocycles. The Bertz CT molecular complexity index is 807. The van der Waals surface area contributed by atoms with Gasteiger partial charge in [0.2, 0.25) is 0 Å². The molecule has 2 aromatic carbocycles. The monoisotopic (exact) mass is 320 g/mol. The fourth-order valence-corrected chi connectivity index (χ4v) is 3.52. The van der Waals surface area contributed by atoms with Crippen molar-refractivity contribution in [3.63, 3.8) is 0 Å². The molecular formula is C20H20N2O2. The van der Waals surface area contributed by atoms with Crippen LogP contribution in [0.2, 0.25) is 0 Å². The molecule has 0 aromatic heterocycles. The minimum absolute atomic E-state index is 0.0378. The maximum atomic E-state index is 12.7. The van der Waals surface area contributed by atoms with Crippen molar-refractivity contribution in [2.75, 3.05) is 32.7 Å². The largest absolute Gasteiger partial charge is 0.314 e. The van der Waals surface area contributed by atoms with E-state index in [1.807, 2.05) is 24.3 Å². The van der Waals surface area contributed by atoms with Gasteiger partial charge in [0, 0.05) is 55.0 Å². The molecule has 1 fully saturated rings. The van der Waals surface area contributed by atoms with E-state index in [1.165, 1.54) is 0 Å². The van der Waals surface area contributed by atoms with Gasteiger partial charge in [-0.1, -0.05) is 36.4 Å². The van der Waals surface area contributed by atoms with Gasteiger partial charge in [0.15, 0.2) is 11.6 Å². The summed E-state index contributed by atoms with van der Waals surface area (Å²) in [6.45, 7) is 5.19.